The van der Waals surface area contributed by atoms with Gasteiger partial charge in [-0.05, 0) is 19.1 Å². The minimum atomic E-state index is -0.518. The van der Waals surface area contributed by atoms with Crippen LogP contribution >= 0.6 is 0 Å². The second-order valence-electron chi connectivity index (χ2n) is 4.55. The highest BCUT2D eigenvalue weighted by Gasteiger charge is 2.10. The molecule has 1 aromatic carbocycles. The van der Waals surface area contributed by atoms with Crippen LogP contribution in [-0.2, 0) is 0 Å². The lowest BCUT2D eigenvalue weighted by molar-refractivity contribution is 0.0953. The normalized spacial score (nSPS) is 10.0. The molecule has 1 aromatic rings. The van der Waals surface area contributed by atoms with Crippen molar-refractivity contribution in [2.75, 3.05) is 32.9 Å². The zero-order valence-corrected chi connectivity index (χ0v) is 11.8. The van der Waals surface area contributed by atoms with Gasteiger partial charge in [-0.25, -0.2) is 9.18 Å². The molecule has 0 aliphatic rings. The van der Waals surface area contributed by atoms with Gasteiger partial charge in [0.15, 0.2) is 0 Å². The molecule has 0 spiro atoms. The maximum Gasteiger partial charge on any atom is 0.316 e. The molecule has 110 valence electrons. The van der Waals surface area contributed by atoms with Crippen LogP contribution in [0.1, 0.15) is 15.9 Å². The van der Waals surface area contributed by atoms with E-state index in [0.717, 1.165) is 6.07 Å². The van der Waals surface area contributed by atoms with E-state index in [1.54, 1.807) is 21.0 Å². The van der Waals surface area contributed by atoms with Crippen LogP contribution in [0.15, 0.2) is 12.1 Å². The molecule has 0 aliphatic carbocycles. The summed E-state index contributed by atoms with van der Waals surface area (Å²) in [7, 11) is 3.23. The number of carbonyl (C=O) groups is 2. The Morgan fingerprint density at radius 1 is 1.25 bits per heavy atom. The number of halogens is 1. The summed E-state index contributed by atoms with van der Waals surface area (Å²) < 4.78 is 13.5. The Hall–Kier alpha value is -2.31. The first-order valence-corrected chi connectivity index (χ1v) is 6.12. The van der Waals surface area contributed by atoms with Crippen LogP contribution in [0.25, 0.3) is 0 Å². The predicted molar refractivity (Wildman–Crippen MR) is 75.0 cm³/mol. The molecule has 3 amide bonds. The minimum Gasteiger partial charge on any atom is -0.398 e. The maximum absolute atomic E-state index is 13.5. The predicted octanol–water partition coefficient (Wildman–Crippen LogP) is 0.717. The van der Waals surface area contributed by atoms with Gasteiger partial charge in [-0.2, -0.15) is 0 Å². The van der Waals surface area contributed by atoms with E-state index in [0.29, 0.717) is 5.56 Å². The summed E-state index contributed by atoms with van der Waals surface area (Å²) in [6, 6.07) is 2.32. The van der Waals surface area contributed by atoms with E-state index < -0.39 is 11.7 Å². The highest BCUT2D eigenvalue weighted by Crippen LogP contribution is 2.17. The summed E-state index contributed by atoms with van der Waals surface area (Å²) in [5.41, 5.74) is 6.31. The molecule has 4 N–H and O–H groups in total. The Morgan fingerprint density at radius 3 is 2.40 bits per heavy atom. The molecule has 6 nitrogen and oxygen atoms in total. The van der Waals surface area contributed by atoms with Crippen molar-refractivity contribution in [2.24, 2.45) is 0 Å². The summed E-state index contributed by atoms with van der Waals surface area (Å²) in [5.74, 6) is -0.953. The lowest BCUT2D eigenvalue weighted by Gasteiger charge is -2.12. The summed E-state index contributed by atoms with van der Waals surface area (Å²) in [6.45, 7) is 2.07. The zero-order chi connectivity index (χ0) is 15.3. The van der Waals surface area contributed by atoms with E-state index in [1.807, 2.05) is 0 Å². The van der Waals surface area contributed by atoms with Crippen molar-refractivity contribution in [2.45, 2.75) is 6.92 Å². The molecule has 0 bridgehead atoms. The third-order valence-corrected chi connectivity index (χ3v) is 2.74. The Bertz CT molecular complexity index is 494. The average molecular weight is 282 g/mol. The van der Waals surface area contributed by atoms with Crippen molar-refractivity contribution in [3.05, 3.63) is 29.1 Å². The molecular formula is C13H19FN4O2. The van der Waals surface area contributed by atoms with Crippen LogP contribution in [0.3, 0.4) is 0 Å². The molecule has 0 aliphatic heterocycles. The van der Waals surface area contributed by atoms with Gasteiger partial charge >= 0.3 is 6.03 Å². The number of urea groups is 1. The highest BCUT2D eigenvalue weighted by atomic mass is 19.1. The number of nitrogens with zero attached hydrogens (tertiary/aromatic N) is 1. The number of carbonyl (C=O) groups excluding carboxylic acids is 2. The first-order valence-electron chi connectivity index (χ1n) is 6.12. The Morgan fingerprint density at radius 2 is 1.85 bits per heavy atom. The maximum atomic E-state index is 13.5. The topological polar surface area (TPSA) is 87.5 Å². The Balaban J connectivity index is 2.50. The number of rotatable bonds is 4. The van der Waals surface area contributed by atoms with Crippen molar-refractivity contribution < 1.29 is 14.0 Å². The minimum absolute atomic E-state index is 0.157. The van der Waals surface area contributed by atoms with Crippen molar-refractivity contribution in [3.8, 4) is 0 Å². The number of hydrogen-bond acceptors (Lipinski definition) is 3. The van der Waals surface area contributed by atoms with Gasteiger partial charge < -0.3 is 21.3 Å². The fourth-order valence-electron chi connectivity index (χ4n) is 1.44. The van der Waals surface area contributed by atoms with Gasteiger partial charge in [-0.3, -0.25) is 4.79 Å². The van der Waals surface area contributed by atoms with E-state index in [9.17, 15) is 14.0 Å². The lowest BCUT2D eigenvalue weighted by Crippen LogP contribution is -2.39. The quantitative estimate of drug-likeness (QED) is 0.561. The molecule has 0 radical (unpaired) electrons. The average Bonchev–Trinajstić information content (AvgIpc) is 2.39. The van der Waals surface area contributed by atoms with Crippen LogP contribution < -0.4 is 16.4 Å². The van der Waals surface area contributed by atoms with Crippen molar-refractivity contribution in [1.82, 2.24) is 15.5 Å². The number of anilines is 1. The molecule has 7 heteroatoms. The molecule has 0 aromatic heterocycles. The first kappa shape index (κ1) is 15.7. The van der Waals surface area contributed by atoms with E-state index in [-0.39, 0.29) is 30.4 Å². The van der Waals surface area contributed by atoms with Gasteiger partial charge in [0, 0.05) is 44.0 Å². The van der Waals surface area contributed by atoms with Gasteiger partial charge in [0.1, 0.15) is 5.82 Å². The van der Waals surface area contributed by atoms with E-state index in [4.69, 9.17) is 5.73 Å². The number of nitrogens with two attached hydrogens (primary N) is 1. The Kier molecular flexibility index (Phi) is 5.31. The van der Waals surface area contributed by atoms with Crippen LogP contribution in [0.5, 0.6) is 0 Å². The smallest absolute Gasteiger partial charge is 0.316 e. The molecule has 1 rings (SSSR count). The fraction of sp³-hybridized carbons (Fsp3) is 0.385. The highest BCUT2D eigenvalue weighted by molar-refractivity contribution is 5.95. The molecule has 0 unspecified atom stereocenters. The van der Waals surface area contributed by atoms with Crippen LogP contribution in [-0.4, -0.2) is 44.0 Å². The molecule has 0 fully saturated rings. The van der Waals surface area contributed by atoms with Gasteiger partial charge in [0.25, 0.3) is 5.91 Å². The van der Waals surface area contributed by atoms with Gasteiger partial charge in [-0.15, -0.1) is 0 Å². The van der Waals surface area contributed by atoms with Crippen molar-refractivity contribution in [1.29, 1.82) is 0 Å². The number of nitrogen functional groups attached to an aromatic ring is 1. The van der Waals surface area contributed by atoms with Crippen LogP contribution in [0.2, 0.25) is 0 Å². The van der Waals surface area contributed by atoms with Gasteiger partial charge in [0.2, 0.25) is 0 Å². The van der Waals surface area contributed by atoms with Crippen molar-refractivity contribution >= 4 is 17.6 Å². The molecule has 20 heavy (non-hydrogen) atoms. The van der Waals surface area contributed by atoms with Crippen molar-refractivity contribution in [3.63, 3.8) is 0 Å². The van der Waals surface area contributed by atoms with Gasteiger partial charge in [-0.1, -0.05) is 0 Å². The second-order valence-corrected chi connectivity index (χ2v) is 4.55. The van der Waals surface area contributed by atoms with Gasteiger partial charge in [0.05, 0.1) is 0 Å². The SMILES string of the molecule is Cc1c(N)cc(C(=O)NCCNC(=O)N(C)C)cc1F. The summed E-state index contributed by atoms with van der Waals surface area (Å²) in [4.78, 5) is 24.4. The monoisotopic (exact) mass is 282 g/mol. The fourth-order valence-corrected chi connectivity index (χ4v) is 1.44. The summed E-state index contributed by atoms with van der Waals surface area (Å²) >= 11 is 0. The third-order valence-electron chi connectivity index (χ3n) is 2.74. The lowest BCUT2D eigenvalue weighted by atomic mass is 10.1. The summed E-state index contributed by atoms with van der Waals surface area (Å²) in [6.07, 6.45) is 0. The number of hydrogen-bond donors (Lipinski definition) is 3. The van der Waals surface area contributed by atoms with E-state index in [1.165, 1.54) is 11.0 Å². The standard InChI is InChI=1S/C13H19FN4O2/c1-8-10(14)6-9(7-11(8)15)12(19)16-4-5-17-13(20)18(2)3/h6-7H,4-5,15H2,1-3H3,(H,16,19)(H,17,20). The first-order chi connectivity index (χ1) is 9.32. The van der Waals surface area contributed by atoms with Crippen LogP contribution in [0, 0.1) is 12.7 Å². The third kappa shape index (κ3) is 4.11. The number of amides is 3. The second kappa shape index (κ2) is 6.74. The molecule has 0 atom stereocenters. The molecule has 0 heterocycles. The largest absolute Gasteiger partial charge is 0.398 e. The Labute approximate surface area is 117 Å². The number of nitrogens with one attached hydrogen (secondary N) is 2. The molecular weight excluding hydrogens is 263 g/mol. The summed E-state index contributed by atoms with van der Waals surface area (Å²) in [5, 5.41) is 5.17. The molecule has 0 saturated heterocycles. The van der Waals surface area contributed by atoms with Crippen LogP contribution in [0.4, 0.5) is 14.9 Å². The van der Waals surface area contributed by atoms with E-state index >= 15 is 0 Å². The zero-order valence-electron chi connectivity index (χ0n) is 11.8. The number of benzene rings is 1. The van der Waals surface area contributed by atoms with E-state index in [2.05, 4.69) is 10.6 Å². The molecule has 0 saturated carbocycles.